The maximum absolute atomic E-state index is 11.4. The van der Waals surface area contributed by atoms with E-state index in [1.54, 1.807) is 10.9 Å². The van der Waals surface area contributed by atoms with Crippen molar-refractivity contribution in [3.05, 3.63) is 58.0 Å². The van der Waals surface area contributed by atoms with Crippen LogP contribution in [0, 0.1) is 0 Å². The molecular formula is C14H9BrN2O2S. The molecular weight excluding hydrogens is 340 g/mol. The van der Waals surface area contributed by atoms with Gasteiger partial charge in [0, 0.05) is 16.0 Å². The molecule has 2 heterocycles. The predicted molar refractivity (Wildman–Crippen MR) is 81.5 cm³/mol. The predicted octanol–water partition coefficient (Wildman–Crippen LogP) is 4.06. The van der Waals surface area contributed by atoms with E-state index in [9.17, 15) is 9.90 Å². The summed E-state index contributed by atoms with van der Waals surface area (Å²) in [7, 11) is 0. The molecule has 0 aliphatic heterocycles. The molecule has 0 atom stereocenters. The van der Waals surface area contributed by atoms with Gasteiger partial charge in [-0.3, -0.25) is 0 Å². The zero-order valence-corrected chi connectivity index (χ0v) is 12.6. The Labute approximate surface area is 127 Å². The van der Waals surface area contributed by atoms with Crippen LogP contribution >= 0.6 is 27.3 Å². The number of nitrogens with zero attached hydrogens (tertiary/aromatic N) is 2. The summed E-state index contributed by atoms with van der Waals surface area (Å²) in [6, 6.07) is 11.3. The summed E-state index contributed by atoms with van der Waals surface area (Å²) in [5, 5.41) is 15.6. The molecule has 0 amide bonds. The third-order valence-corrected chi connectivity index (χ3v) is 4.46. The molecule has 3 rings (SSSR count). The van der Waals surface area contributed by atoms with E-state index in [0.717, 1.165) is 15.0 Å². The monoisotopic (exact) mass is 348 g/mol. The number of carbonyl (C=O) groups is 1. The number of hydrogen-bond acceptors (Lipinski definition) is 3. The van der Waals surface area contributed by atoms with Crippen molar-refractivity contribution in [3.8, 4) is 16.3 Å². The summed E-state index contributed by atoms with van der Waals surface area (Å²) in [5.41, 5.74) is 1.51. The van der Waals surface area contributed by atoms with Gasteiger partial charge in [-0.15, -0.1) is 11.3 Å². The molecule has 6 heteroatoms. The van der Waals surface area contributed by atoms with Gasteiger partial charge in [0.25, 0.3) is 0 Å². The Balaban J connectivity index is 2.15. The van der Waals surface area contributed by atoms with E-state index in [1.807, 2.05) is 41.8 Å². The standard InChI is InChI=1S/C14H9BrN2O2S/c15-9-6-12(20-8-9)13-11(14(18)19)7-17(16-13)10-4-2-1-3-5-10/h1-8H,(H,18,19). The summed E-state index contributed by atoms with van der Waals surface area (Å²) in [6.07, 6.45) is 1.54. The molecule has 1 aromatic carbocycles. The zero-order valence-electron chi connectivity index (χ0n) is 10.2. The summed E-state index contributed by atoms with van der Waals surface area (Å²) < 4.78 is 2.51. The first-order valence-corrected chi connectivity index (χ1v) is 7.45. The van der Waals surface area contributed by atoms with Crippen molar-refractivity contribution in [2.24, 2.45) is 0 Å². The minimum atomic E-state index is -0.980. The quantitative estimate of drug-likeness (QED) is 0.776. The largest absolute Gasteiger partial charge is 0.478 e. The average molecular weight is 349 g/mol. The van der Waals surface area contributed by atoms with Crippen molar-refractivity contribution >= 4 is 33.2 Å². The molecule has 1 N–H and O–H groups in total. The fourth-order valence-electron chi connectivity index (χ4n) is 1.86. The van der Waals surface area contributed by atoms with Crippen LogP contribution in [0.3, 0.4) is 0 Å². The van der Waals surface area contributed by atoms with Crippen LogP contribution in [-0.4, -0.2) is 20.9 Å². The van der Waals surface area contributed by atoms with Crippen LogP contribution < -0.4 is 0 Å². The van der Waals surface area contributed by atoms with Crippen LogP contribution in [0.15, 0.2) is 52.4 Å². The van der Waals surface area contributed by atoms with Gasteiger partial charge in [-0.25, -0.2) is 9.48 Å². The van der Waals surface area contributed by atoms with Crippen LogP contribution in [0.25, 0.3) is 16.3 Å². The minimum Gasteiger partial charge on any atom is -0.478 e. The van der Waals surface area contributed by atoms with Gasteiger partial charge in [0.15, 0.2) is 0 Å². The summed E-state index contributed by atoms with van der Waals surface area (Å²) >= 11 is 4.83. The molecule has 4 nitrogen and oxygen atoms in total. The van der Waals surface area contributed by atoms with E-state index in [0.29, 0.717) is 5.69 Å². The van der Waals surface area contributed by atoms with Crippen molar-refractivity contribution < 1.29 is 9.90 Å². The third-order valence-electron chi connectivity index (χ3n) is 2.77. The van der Waals surface area contributed by atoms with E-state index in [2.05, 4.69) is 21.0 Å². The molecule has 3 aromatic rings. The molecule has 100 valence electrons. The average Bonchev–Trinajstić information content (AvgIpc) is 3.05. The van der Waals surface area contributed by atoms with Crippen LogP contribution in [0.1, 0.15) is 10.4 Å². The van der Waals surface area contributed by atoms with Gasteiger partial charge >= 0.3 is 5.97 Å². The number of benzene rings is 1. The first-order valence-electron chi connectivity index (χ1n) is 5.78. The molecule has 0 radical (unpaired) electrons. The number of halogens is 1. The Morgan fingerprint density at radius 2 is 2.05 bits per heavy atom. The molecule has 0 aliphatic rings. The van der Waals surface area contributed by atoms with Crippen molar-refractivity contribution in [2.45, 2.75) is 0 Å². The second kappa shape index (κ2) is 5.22. The normalized spacial score (nSPS) is 10.7. The molecule has 0 aliphatic carbocycles. The van der Waals surface area contributed by atoms with Crippen molar-refractivity contribution in [1.29, 1.82) is 0 Å². The smallest absolute Gasteiger partial charge is 0.339 e. The number of carboxylic acids is 1. The number of rotatable bonds is 3. The van der Waals surface area contributed by atoms with Gasteiger partial charge < -0.3 is 5.11 Å². The van der Waals surface area contributed by atoms with Crippen molar-refractivity contribution in [2.75, 3.05) is 0 Å². The molecule has 0 saturated carbocycles. The summed E-state index contributed by atoms with van der Waals surface area (Å²) in [5.74, 6) is -0.980. The molecule has 20 heavy (non-hydrogen) atoms. The van der Waals surface area contributed by atoms with Gasteiger partial charge in [0.2, 0.25) is 0 Å². The lowest BCUT2D eigenvalue weighted by Gasteiger charge is -1.98. The summed E-state index contributed by atoms with van der Waals surface area (Å²) in [4.78, 5) is 12.2. The maximum Gasteiger partial charge on any atom is 0.339 e. The lowest BCUT2D eigenvalue weighted by molar-refractivity contribution is 0.0697. The molecule has 0 fully saturated rings. The number of thiophene rings is 1. The van der Waals surface area contributed by atoms with Crippen LogP contribution in [0.4, 0.5) is 0 Å². The maximum atomic E-state index is 11.4. The van der Waals surface area contributed by atoms with E-state index in [4.69, 9.17) is 0 Å². The Kier molecular flexibility index (Phi) is 3.42. The fourth-order valence-corrected chi connectivity index (χ4v) is 3.29. The number of aromatic carboxylic acids is 1. The second-order valence-electron chi connectivity index (χ2n) is 4.11. The summed E-state index contributed by atoms with van der Waals surface area (Å²) in [6.45, 7) is 0. The van der Waals surface area contributed by atoms with Gasteiger partial charge in [-0.1, -0.05) is 18.2 Å². The van der Waals surface area contributed by atoms with E-state index >= 15 is 0 Å². The fraction of sp³-hybridized carbons (Fsp3) is 0. The molecule has 0 saturated heterocycles. The number of hydrogen-bond donors (Lipinski definition) is 1. The number of aromatic nitrogens is 2. The van der Waals surface area contributed by atoms with Gasteiger partial charge in [-0.05, 0) is 34.1 Å². The van der Waals surface area contributed by atoms with E-state index in [1.165, 1.54) is 11.3 Å². The van der Waals surface area contributed by atoms with E-state index < -0.39 is 5.97 Å². The lowest BCUT2D eigenvalue weighted by atomic mass is 10.2. The van der Waals surface area contributed by atoms with Crippen molar-refractivity contribution in [3.63, 3.8) is 0 Å². The highest BCUT2D eigenvalue weighted by Crippen LogP contribution is 2.31. The Morgan fingerprint density at radius 1 is 1.30 bits per heavy atom. The first kappa shape index (κ1) is 13.1. The number of para-hydroxylation sites is 1. The highest BCUT2D eigenvalue weighted by atomic mass is 79.9. The Morgan fingerprint density at radius 3 is 2.65 bits per heavy atom. The van der Waals surface area contributed by atoms with Gasteiger partial charge in [0.05, 0.1) is 10.6 Å². The first-order chi connectivity index (χ1) is 9.65. The SMILES string of the molecule is O=C(O)c1cn(-c2ccccc2)nc1-c1cc(Br)cs1. The second-order valence-corrected chi connectivity index (χ2v) is 5.93. The minimum absolute atomic E-state index is 0.197. The van der Waals surface area contributed by atoms with Crippen molar-refractivity contribution in [1.82, 2.24) is 9.78 Å². The Hall–Kier alpha value is -1.92. The van der Waals surface area contributed by atoms with Gasteiger partial charge in [-0.2, -0.15) is 5.10 Å². The highest BCUT2D eigenvalue weighted by Gasteiger charge is 2.18. The van der Waals surface area contributed by atoms with Gasteiger partial charge in [0.1, 0.15) is 11.3 Å². The highest BCUT2D eigenvalue weighted by molar-refractivity contribution is 9.10. The number of carboxylic acid groups (broad SMARTS) is 1. The zero-order chi connectivity index (χ0) is 14.1. The molecule has 0 spiro atoms. The third kappa shape index (κ3) is 2.39. The topological polar surface area (TPSA) is 55.1 Å². The molecule has 0 unspecified atom stereocenters. The molecule has 2 aromatic heterocycles. The van der Waals surface area contributed by atoms with Crippen LogP contribution in [0.5, 0.6) is 0 Å². The molecule has 0 bridgehead atoms. The Bertz CT molecular complexity index is 765. The van der Waals surface area contributed by atoms with E-state index in [-0.39, 0.29) is 5.56 Å². The van der Waals surface area contributed by atoms with Crippen LogP contribution in [-0.2, 0) is 0 Å². The van der Waals surface area contributed by atoms with Crippen LogP contribution in [0.2, 0.25) is 0 Å². The lowest BCUT2D eigenvalue weighted by Crippen LogP contribution is -1.95.